The molecule has 0 radical (unpaired) electrons. The third-order valence-corrected chi connectivity index (χ3v) is 2.95. The second kappa shape index (κ2) is 4.95. The Kier molecular flexibility index (Phi) is 3.36. The van der Waals surface area contributed by atoms with Crippen LogP contribution in [0.15, 0.2) is 24.3 Å². The summed E-state index contributed by atoms with van der Waals surface area (Å²) in [5.41, 5.74) is 12.0. The summed E-state index contributed by atoms with van der Waals surface area (Å²) in [6.07, 6.45) is 0.448. The Balaban J connectivity index is 2.14. The zero-order chi connectivity index (χ0) is 13.1. The minimum absolute atomic E-state index is 0.457. The summed E-state index contributed by atoms with van der Waals surface area (Å²) in [5, 5.41) is 0. The van der Waals surface area contributed by atoms with Crippen molar-refractivity contribution in [1.82, 2.24) is 0 Å². The normalized spacial score (nSPS) is 18.7. The Bertz CT molecular complexity index is 458. The molecular formula is C12H15N3O3. The van der Waals surface area contributed by atoms with Gasteiger partial charge in [-0.1, -0.05) is 0 Å². The van der Waals surface area contributed by atoms with Crippen LogP contribution in [0.4, 0.5) is 16.2 Å². The summed E-state index contributed by atoms with van der Waals surface area (Å²) in [6, 6.07) is 6.76. The van der Waals surface area contributed by atoms with E-state index in [2.05, 4.69) is 4.74 Å². The topological polar surface area (TPSA) is 98.7 Å². The van der Waals surface area contributed by atoms with Gasteiger partial charge < -0.3 is 21.1 Å². The number of esters is 1. The largest absolute Gasteiger partial charge is 0.412 e. The molecule has 0 bridgehead atoms. The van der Waals surface area contributed by atoms with Crippen molar-refractivity contribution in [1.29, 1.82) is 0 Å². The van der Waals surface area contributed by atoms with Crippen LogP contribution in [-0.4, -0.2) is 24.6 Å². The second-order valence-electron chi connectivity index (χ2n) is 4.18. The van der Waals surface area contributed by atoms with Crippen LogP contribution >= 0.6 is 0 Å². The van der Waals surface area contributed by atoms with Crippen LogP contribution in [-0.2, 0) is 9.53 Å². The van der Waals surface area contributed by atoms with Gasteiger partial charge in [-0.25, -0.2) is 9.59 Å². The van der Waals surface area contributed by atoms with Crippen molar-refractivity contribution in [2.24, 2.45) is 5.73 Å². The van der Waals surface area contributed by atoms with Crippen molar-refractivity contribution in [3.05, 3.63) is 24.3 Å². The van der Waals surface area contributed by atoms with Crippen molar-refractivity contribution >= 4 is 23.4 Å². The molecule has 4 N–H and O–H groups in total. The smallest absolute Gasteiger partial charge is 0.399 e. The van der Waals surface area contributed by atoms with Crippen molar-refractivity contribution in [3.63, 3.8) is 0 Å². The van der Waals surface area contributed by atoms with Gasteiger partial charge in [0, 0.05) is 17.9 Å². The lowest BCUT2D eigenvalue weighted by atomic mass is 10.2. The molecule has 0 aliphatic carbocycles. The van der Waals surface area contributed by atoms with Gasteiger partial charge in [-0.3, -0.25) is 0 Å². The molecule has 1 aliphatic rings. The summed E-state index contributed by atoms with van der Waals surface area (Å²) in [4.78, 5) is 24.2. The van der Waals surface area contributed by atoms with Gasteiger partial charge in [0.05, 0.1) is 0 Å². The Hall–Kier alpha value is -2.24. The fourth-order valence-electron chi connectivity index (χ4n) is 2.15. The molecule has 1 fully saturated rings. The number of amides is 1. The van der Waals surface area contributed by atoms with Crippen molar-refractivity contribution in [2.45, 2.75) is 18.9 Å². The van der Waals surface area contributed by atoms with Gasteiger partial charge in [0.2, 0.25) is 0 Å². The molecule has 18 heavy (non-hydrogen) atoms. The number of ether oxygens (including phenoxy) is 1. The first-order chi connectivity index (χ1) is 8.58. The van der Waals surface area contributed by atoms with Crippen LogP contribution in [0.2, 0.25) is 0 Å². The molecule has 1 heterocycles. The molecule has 1 aromatic carbocycles. The van der Waals surface area contributed by atoms with Crippen molar-refractivity contribution in [3.8, 4) is 0 Å². The van der Waals surface area contributed by atoms with Crippen LogP contribution < -0.4 is 16.4 Å². The van der Waals surface area contributed by atoms with Gasteiger partial charge in [0.25, 0.3) is 0 Å². The van der Waals surface area contributed by atoms with E-state index in [1.165, 1.54) is 0 Å². The average molecular weight is 249 g/mol. The van der Waals surface area contributed by atoms with E-state index in [0.29, 0.717) is 12.1 Å². The summed E-state index contributed by atoms with van der Waals surface area (Å²) in [6.45, 7) is 0.739. The molecule has 0 spiro atoms. The first-order valence-electron chi connectivity index (χ1n) is 5.71. The molecular weight excluding hydrogens is 234 g/mol. The number of nitrogens with zero attached hydrogens (tertiary/aromatic N) is 1. The van der Waals surface area contributed by atoms with Crippen LogP contribution in [0.5, 0.6) is 0 Å². The summed E-state index contributed by atoms with van der Waals surface area (Å²) in [5.74, 6) is -0.600. The van der Waals surface area contributed by atoms with E-state index in [9.17, 15) is 9.59 Å². The van der Waals surface area contributed by atoms with E-state index >= 15 is 0 Å². The second-order valence-corrected chi connectivity index (χ2v) is 4.18. The predicted molar refractivity (Wildman–Crippen MR) is 66.9 cm³/mol. The number of nitrogen functional groups attached to an aromatic ring is 1. The number of primary amides is 1. The molecule has 1 atom stereocenters. The number of carbonyl (C=O) groups is 2. The standard InChI is InChI=1S/C12H15N3O3/c13-8-3-5-9(6-4-8)15-7-1-2-10(15)11(16)18-12(14)17/h3-6,10H,1-2,7,13H2,(H2,14,17). The molecule has 1 aliphatic heterocycles. The molecule has 6 nitrogen and oxygen atoms in total. The molecule has 96 valence electrons. The number of hydrogen-bond acceptors (Lipinski definition) is 5. The highest BCUT2D eigenvalue weighted by Gasteiger charge is 2.33. The van der Waals surface area contributed by atoms with Crippen LogP contribution in [0, 0.1) is 0 Å². The Morgan fingerprint density at radius 2 is 1.94 bits per heavy atom. The lowest BCUT2D eigenvalue weighted by molar-refractivity contribution is -0.138. The van der Waals surface area contributed by atoms with E-state index < -0.39 is 18.1 Å². The minimum atomic E-state index is -1.07. The van der Waals surface area contributed by atoms with Crippen molar-refractivity contribution < 1.29 is 14.3 Å². The van der Waals surface area contributed by atoms with E-state index in [-0.39, 0.29) is 0 Å². The maximum Gasteiger partial charge on any atom is 0.412 e. The number of rotatable bonds is 2. The zero-order valence-corrected chi connectivity index (χ0v) is 9.83. The molecule has 2 rings (SSSR count). The summed E-state index contributed by atoms with van der Waals surface area (Å²) in [7, 11) is 0. The Labute approximate surface area is 104 Å². The Morgan fingerprint density at radius 3 is 2.56 bits per heavy atom. The quantitative estimate of drug-likeness (QED) is 0.460. The highest BCUT2D eigenvalue weighted by Crippen LogP contribution is 2.26. The number of nitrogens with two attached hydrogens (primary N) is 2. The minimum Gasteiger partial charge on any atom is -0.399 e. The molecule has 1 amide bonds. The Morgan fingerprint density at radius 1 is 1.28 bits per heavy atom. The highest BCUT2D eigenvalue weighted by molar-refractivity contribution is 5.89. The maximum absolute atomic E-state index is 11.7. The average Bonchev–Trinajstić information content (AvgIpc) is 2.78. The molecule has 0 saturated carbocycles. The molecule has 1 unspecified atom stereocenters. The van der Waals surface area contributed by atoms with E-state index in [1.54, 1.807) is 12.1 Å². The lowest BCUT2D eigenvalue weighted by Gasteiger charge is -2.24. The summed E-state index contributed by atoms with van der Waals surface area (Å²) >= 11 is 0. The van der Waals surface area contributed by atoms with Crippen LogP contribution in [0.25, 0.3) is 0 Å². The highest BCUT2D eigenvalue weighted by atomic mass is 16.6. The van der Waals surface area contributed by atoms with E-state index in [4.69, 9.17) is 11.5 Å². The molecule has 0 aromatic heterocycles. The van der Waals surface area contributed by atoms with Gasteiger partial charge >= 0.3 is 12.1 Å². The molecule has 1 aromatic rings. The van der Waals surface area contributed by atoms with Gasteiger partial charge in [-0.2, -0.15) is 0 Å². The third-order valence-electron chi connectivity index (χ3n) is 2.95. The van der Waals surface area contributed by atoms with Crippen LogP contribution in [0.1, 0.15) is 12.8 Å². The fraction of sp³-hybridized carbons (Fsp3) is 0.333. The number of hydrogen-bond donors (Lipinski definition) is 2. The van der Waals surface area contributed by atoms with Gasteiger partial charge in [0.1, 0.15) is 6.04 Å². The third kappa shape index (κ3) is 2.53. The first-order valence-corrected chi connectivity index (χ1v) is 5.71. The number of benzene rings is 1. The molecule has 1 saturated heterocycles. The number of anilines is 2. The number of carbonyl (C=O) groups excluding carboxylic acids is 2. The first kappa shape index (κ1) is 12.2. The lowest BCUT2D eigenvalue weighted by Crippen LogP contribution is -2.39. The van der Waals surface area contributed by atoms with Gasteiger partial charge in [-0.15, -0.1) is 0 Å². The summed E-state index contributed by atoms with van der Waals surface area (Å²) < 4.78 is 4.44. The van der Waals surface area contributed by atoms with Crippen LogP contribution in [0.3, 0.4) is 0 Å². The predicted octanol–water partition coefficient (Wildman–Crippen LogP) is 0.859. The SMILES string of the molecule is NC(=O)OC(=O)C1CCCN1c1ccc(N)cc1. The van der Waals surface area contributed by atoms with Gasteiger partial charge in [-0.05, 0) is 37.1 Å². The van der Waals surface area contributed by atoms with E-state index in [0.717, 1.165) is 18.7 Å². The zero-order valence-electron chi connectivity index (χ0n) is 9.83. The van der Waals surface area contributed by atoms with E-state index in [1.807, 2.05) is 17.0 Å². The van der Waals surface area contributed by atoms with Crippen molar-refractivity contribution in [2.75, 3.05) is 17.2 Å². The van der Waals surface area contributed by atoms with Gasteiger partial charge in [0.15, 0.2) is 0 Å². The fourth-order valence-corrected chi connectivity index (χ4v) is 2.15. The monoisotopic (exact) mass is 249 g/mol. The maximum atomic E-state index is 11.7. The molecule has 6 heteroatoms.